The van der Waals surface area contributed by atoms with Gasteiger partial charge in [0.25, 0.3) is 5.91 Å². The average molecular weight is 314 g/mol. The van der Waals surface area contributed by atoms with E-state index in [0.29, 0.717) is 22.1 Å². The number of hydrazine groups is 1. The number of amides is 1. The van der Waals surface area contributed by atoms with E-state index in [1.807, 2.05) is 12.1 Å². The summed E-state index contributed by atoms with van der Waals surface area (Å²) in [6.07, 6.45) is 0. The molecule has 0 saturated heterocycles. The van der Waals surface area contributed by atoms with Crippen molar-refractivity contribution in [3.8, 4) is 5.75 Å². The van der Waals surface area contributed by atoms with Crippen molar-refractivity contribution in [2.24, 2.45) is 5.84 Å². The second-order valence-corrected chi connectivity index (χ2v) is 5.56. The first-order valence-electron chi connectivity index (χ1n) is 6.52. The molecule has 6 nitrogen and oxygen atoms in total. The topological polar surface area (TPSA) is 89.3 Å². The molecule has 0 aliphatic rings. The Morgan fingerprint density at radius 2 is 2.14 bits per heavy atom. The quantitative estimate of drug-likeness (QED) is 0.509. The molecule has 0 aliphatic carbocycles. The molecule has 3 aromatic rings. The number of nitrogens with one attached hydrogen (secondary N) is 2. The SMILES string of the molecule is COc1cccc(C(=O)Nc2ccc3nc(NN)sc3c2)c1. The van der Waals surface area contributed by atoms with Crippen molar-refractivity contribution >= 4 is 38.3 Å². The number of hydrogen-bond donors (Lipinski definition) is 3. The molecule has 1 heterocycles. The summed E-state index contributed by atoms with van der Waals surface area (Å²) in [4.78, 5) is 16.6. The van der Waals surface area contributed by atoms with Crippen molar-refractivity contribution < 1.29 is 9.53 Å². The van der Waals surface area contributed by atoms with Crippen LogP contribution in [-0.4, -0.2) is 18.0 Å². The zero-order valence-electron chi connectivity index (χ0n) is 11.8. The van der Waals surface area contributed by atoms with Crippen LogP contribution in [0.4, 0.5) is 10.8 Å². The highest BCUT2D eigenvalue weighted by molar-refractivity contribution is 7.22. The number of rotatable bonds is 4. The summed E-state index contributed by atoms with van der Waals surface area (Å²) in [6, 6.07) is 12.5. The third-order valence-corrected chi connectivity index (χ3v) is 4.05. The normalized spacial score (nSPS) is 10.5. The van der Waals surface area contributed by atoms with Crippen LogP contribution in [0.15, 0.2) is 42.5 Å². The molecule has 7 heteroatoms. The van der Waals surface area contributed by atoms with E-state index in [1.165, 1.54) is 11.3 Å². The first kappa shape index (κ1) is 14.3. The molecule has 112 valence electrons. The van der Waals surface area contributed by atoms with E-state index in [2.05, 4.69) is 15.7 Å². The van der Waals surface area contributed by atoms with Crippen molar-refractivity contribution in [3.05, 3.63) is 48.0 Å². The highest BCUT2D eigenvalue weighted by atomic mass is 32.1. The summed E-state index contributed by atoms with van der Waals surface area (Å²) in [5, 5.41) is 3.49. The Morgan fingerprint density at radius 3 is 2.91 bits per heavy atom. The fourth-order valence-corrected chi connectivity index (χ4v) is 2.85. The van der Waals surface area contributed by atoms with Gasteiger partial charge in [-0.2, -0.15) is 0 Å². The van der Waals surface area contributed by atoms with Gasteiger partial charge in [0.15, 0.2) is 5.13 Å². The first-order valence-corrected chi connectivity index (χ1v) is 7.34. The fourth-order valence-electron chi connectivity index (χ4n) is 2.03. The summed E-state index contributed by atoms with van der Waals surface area (Å²) in [6.45, 7) is 0. The lowest BCUT2D eigenvalue weighted by Gasteiger charge is -2.06. The van der Waals surface area contributed by atoms with E-state index < -0.39 is 0 Å². The molecule has 0 radical (unpaired) electrons. The highest BCUT2D eigenvalue weighted by Crippen LogP contribution is 2.28. The highest BCUT2D eigenvalue weighted by Gasteiger charge is 2.09. The molecule has 2 aromatic carbocycles. The van der Waals surface area contributed by atoms with Gasteiger partial charge < -0.3 is 10.1 Å². The minimum absolute atomic E-state index is 0.195. The largest absolute Gasteiger partial charge is 0.497 e. The van der Waals surface area contributed by atoms with Crippen LogP contribution in [0.5, 0.6) is 5.75 Å². The second-order valence-electron chi connectivity index (χ2n) is 4.53. The van der Waals surface area contributed by atoms with Gasteiger partial charge in [-0.25, -0.2) is 10.8 Å². The van der Waals surface area contributed by atoms with Crippen molar-refractivity contribution in [1.29, 1.82) is 0 Å². The average Bonchev–Trinajstić information content (AvgIpc) is 2.97. The number of ether oxygens (including phenoxy) is 1. The molecule has 0 saturated carbocycles. The molecule has 22 heavy (non-hydrogen) atoms. The third-order valence-electron chi connectivity index (χ3n) is 3.10. The predicted octanol–water partition coefficient (Wildman–Crippen LogP) is 2.84. The molecule has 1 aromatic heterocycles. The number of carbonyl (C=O) groups excluding carboxylic acids is 1. The summed E-state index contributed by atoms with van der Waals surface area (Å²) >= 11 is 1.42. The Bertz CT molecular complexity index is 831. The Balaban J connectivity index is 1.83. The number of nitrogen functional groups attached to an aromatic ring is 1. The maximum Gasteiger partial charge on any atom is 0.255 e. The third kappa shape index (κ3) is 2.85. The van der Waals surface area contributed by atoms with Crippen LogP contribution in [-0.2, 0) is 0 Å². The van der Waals surface area contributed by atoms with Crippen molar-refractivity contribution in [1.82, 2.24) is 4.98 Å². The van der Waals surface area contributed by atoms with E-state index >= 15 is 0 Å². The molecular formula is C15H14N4O2S. The predicted molar refractivity (Wildman–Crippen MR) is 88.4 cm³/mol. The molecule has 0 fully saturated rings. The number of aromatic nitrogens is 1. The van der Waals surface area contributed by atoms with Crippen LogP contribution in [0.1, 0.15) is 10.4 Å². The van der Waals surface area contributed by atoms with E-state index in [9.17, 15) is 4.79 Å². The van der Waals surface area contributed by atoms with Gasteiger partial charge in [0, 0.05) is 11.3 Å². The Hall–Kier alpha value is -2.64. The number of nitrogens with two attached hydrogens (primary N) is 1. The van der Waals surface area contributed by atoms with Crippen LogP contribution >= 0.6 is 11.3 Å². The molecule has 0 spiro atoms. The Morgan fingerprint density at radius 1 is 1.27 bits per heavy atom. The van der Waals surface area contributed by atoms with Crippen LogP contribution in [0.3, 0.4) is 0 Å². The molecule has 0 unspecified atom stereocenters. The summed E-state index contributed by atoms with van der Waals surface area (Å²) < 4.78 is 6.06. The van der Waals surface area contributed by atoms with Crippen molar-refractivity contribution in [2.75, 3.05) is 17.9 Å². The zero-order valence-corrected chi connectivity index (χ0v) is 12.6. The number of hydrogen-bond acceptors (Lipinski definition) is 6. The number of fused-ring (bicyclic) bond motifs is 1. The van der Waals surface area contributed by atoms with E-state index in [0.717, 1.165) is 10.2 Å². The second kappa shape index (κ2) is 6.00. The minimum atomic E-state index is -0.195. The number of methoxy groups -OCH3 is 1. The summed E-state index contributed by atoms with van der Waals surface area (Å²) in [7, 11) is 1.57. The molecule has 0 aliphatic heterocycles. The lowest BCUT2D eigenvalue weighted by molar-refractivity contribution is 0.102. The first-order chi connectivity index (χ1) is 10.7. The summed E-state index contributed by atoms with van der Waals surface area (Å²) in [5.41, 5.74) is 4.59. The molecule has 3 rings (SSSR count). The zero-order chi connectivity index (χ0) is 15.5. The van der Waals surface area contributed by atoms with E-state index in [4.69, 9.17) is 10.6 Å². The van der Waals surface area contributed by atoms with Gasteiger partial charge in [0.2, 0.25) is 0 Å². The van der Waals surface area contributed by atoms with Crippen molar-refractivity contribution in [3.63, 3.8) is 0 Å². The van der Waals surface area contributed by atoms with Gasteiger partial charge in [-0.15, -0.1) is 0 Å². The Kier molecular flexibility index (Phi) is 3.90. The lowest BCUT2D eigenvalue weighted by atomic mass is 10.2. The molecular weight excluding hydrogens is 300 g/mol. The van der Waals surface area contributed by atoms with Crippen molar-refractivity contribution in [2.45, 2.75) is 0 Å². The number of nitrogens with zero attached hydrogens (tertiary/aromatic N) is 1. The van der Waals surface area contributed by atoms with Crippen LogP contribution in [0.25, 0.3) is 10.2 Å². The monoisotopic (exact) mass is 314 g/mol. The van der Waals surface area contributed by atoms with Crippen LogP contribution in [0.2, 0.25) is 0 Å². The maximum atomic E-state index is 12.3. The van der Waals surface area contributed by atoms with Gasteiger partial charge in [0.1, 0.15) is 5.75 Å². The fraction of sp³-hybridized carbons (Fsp3) is 0.0667. The smallest absolute Gasteiger partial charge is 0.255 e. The van der Waals surface area contributed by atoms with Gasteiger partial charge in [-0.1, -0.05) is 17.4 Å². The maximum absolute atomic E-state index is 12.3. The van der Waals surface area contributed by atoms with Gasteiger partial charge in [-0.05, 0) is 36.4 Å². The molecule has 0 bridgehead atoms. The number of thiazole rings is 1. The standard InChI is InChI=1S/C15H14N4O2S/c1-21-11-4-2-3-9(7-11)14(20)17-10-5-6-12-13(8-10)22-15(18-12)19-16/h2-8H,16H2,1H3,(H,17,20)(H,18,19). The minimum Gasteiger partial charge on any atom is -0.497 e. The molecule has 4 N–H and O–H groups in total. The summed E-state index contributed by atoms with van der Waals surface area (Å²) in [5.74, 6) is 5.80. The van der Waals surface area contributed by atoms with Gasteiger partial charge in [0.05, 0.1) is 17.3 Å². The van der Waals surface area contributed by atoms with E-state index in [-0.39, 0.29) is 5.91 Å². The Labute approximate surface area is 130 Å². The number of carbonyl (C=O) groups is 1. The number of anilines is 2. The lowest BCUT2D eigenvalue weighted by Crippen LogP contribution is -2.11. The van der Waals surface area contributed by atoms with Gasteiger partial charge in [-0.3, -0.25) is 10.2 Å². The van der Waals surface area contributed by atoms with Crippen LogP contribution < -0.4 is 21.3 Å². The van der Waals surface area contributed by atoms with Crippen LogP contribution in [0, 0.1) is 0 Å². The van der Waals surface area contributed by atoms with Gasteiger partial charge >= 0.3 is 0 Å². The number of benzene rings is 2. The molecule has 0 atom stereocenters. The van der Waals surface area contributed by atoms with E-state index in [1.54, 1.807) is 37.4 Å². The molecule has 1 amide bonds.